The second kappa shape index (κ2) is 7.93. The number of furan rings is 1. The minimum absolute atomic E-state index is 0.0596. The summed E-state index contributed by atoms with van der Waals surface area (Å²) in [6.07, 6.45) is 1.61. The summed E-state index contributed by atoms with van der Waals surface area (Å²) in [5.74, 6) is -3.22. The molecular weight excluding hydrogens is 370 g/mol. The number of aliphatic carboxylic acids is 1. The number of ether oxygens (including phenoxy) is 1. The first-order chi connectivity index (χ1) is 14.1. The first-order valence-corrected chi connectivity index (χ1v) is 9.42. The van der Waals surface area contributed by atoms with Gasteiger partial charge >= 0.3 is 11.9 Å². The predicted octanol–water partition coefficient (Wildman–Crippen LogP) is 3.21. The van der Waals surface area contributed by atoms with Gasteiger partial charge in [-0.05, 0) is 34.4 Å². The zero-order valence-corrected chi connectivity index (χ0v) is 15.7. The molecule has 148 valence electrons. The van der Waals surface area contributed by atoms with Crippen LogP contribution in [0.15, 0.2) is 71.3 Å². The van der Waals surface area contributed by atoms with Gasteiger partial charge < -0.3 is 20.0 Å². The Morgan fingerprint density at radius 2 is 1.62 bits per heavy atom. The lowest BCUT2D eigenvalue weighted by atomic mass is 9.96. The van der Waals surface area contributed by atoms with Gasteiger partial charge in [0.15, 0.2) is 5.92 Å². The quantitative estimate of drug-likeness (QED) is 0.474. The molecule has 3 aromatic rings. The topological polar surface area (TPSA) is 103 Å². The second-order valence-electron chi connectivity index (χ2n) is 7.12. The zero-order valence-electron chi connectivity index (χ0n) is 15.7. The first-order valence-electron chi connectivity index (χ1n) is 9.42. The minimum atomic E-state index is -1.47. The van der Waals surface area contributed by atoms with Gasteiger partial charge in [-0.15, -0.1) is 0 Å². The fourth-order valence-electron chi connectivity index (χ4n) is 3.93. The van der Waals surface area contributed by atoms with Gasteiger partial charge in [0.25, 0.3) is 0 Å². The van der Waals surface area contributed by atoms with Crippen LogP contribution in [-0.4, -0.2) is 29.7 Å². The number of fused-ring (bicyclic) bond motifs is 3. The third kappa shape index (κ3) is 3.67. The number of carboxylic acid groups (broad SMARTS) is 1. The Balaban J connectivity index is 1.50. The van der Waals surface area contributed by atoms with Crippen LogP contribution in [0.5, 0.6) is 0 Å². The van der Waals surface area contributed by atoms with Crippen LogP contribution in [0, 0.1) is 5.92 Å². The summed E-state index contributed by atoms with van der Waals surface area (Å²) in [5.41, 5.74) is 10.3. The number of esters is 1. The van der Waals surface area contributed by atoms with Gasteiger partial charge in [0.05, 0.1) is 6.26 Å². The Bertz CT molecular complexity index is 982. The average Bonchev–Trinajstić information content (AvgIpc) is 3.32. The first kappa shape index (κ1) is 19.0. The molecule has 4 rings (SSSR count). The van der Waals surface area contributed by atoms with Crippen LogP contribution in [0.1, 0.15) is 22.8 Å². The van der Waals surface area contributed by atoms with Crippen LogP contribution < -0.4 is 5.73 Å². The number of nitrogens with two attached hydrogens (primary N) is 1. The standard InChI is InChI=1S/C23H21NO5/c24-20(12-14-6-5-11-28-14)21(22(25)26)23(27)29-13-19-17-9-3-1-7-15(17)16-8-2-4-10-18(16)19/h1-11,19-21H,12-13,24H2,(H,25,26)/t20?,21-/m0/s1. The van der Waals surface area contributed by atoms with Crippen molar-refractivity contribution in [1.82, 2.24) is 0 Å². The van der Waals surface area contributed by atoms with Crippen molar-refractivity contribution in [2.45, 2.75) is 18.4 Å². The van der Waals surface area contributed by atoms with Crippen LogP contribution in [0.2, 0.25) is 0 Å². The van der Waals surface area contributed by atoms with Crippen molar-refractivity contribution in [2.75, 3.05) is 6.61 Å². The summed E-state index contributed by atoms with van der Waals surface area (Å²) in [6.45, 7) is 0.0596. The summed E-state index contributed by atoms with van der Waals surface area (Å²) >= 11 is 0. The van der Waals surface area contributed by atoms with Gasteiger partial charge in [-0.3, -0.25) is 9.59 Å². The molecule has 0 saturated heterocycles. The highest BCUT2D eigenvalue weighted by molar-refractivity contribution is 5.95. The number of carboxylic acids is 1. The maximum atomic E-state index is 12.6. The summed E-state index contributed by atoms with van der Waals surface area (Å²) in [4.78, 5) is 24.3. The number of rotatable bonds is 7. The van der Waals surface area contributed by atoms with Crippen LogP contribution in [0.3, 0.4) is 0 Å². The van der Waals surface area contributed by atoms with E-state index in [0.717, 1.165) is 22.3 Å². The van der Waals surface area contributed by atoms with Crippen LogP contribution >= 0.6 is 0 Å². The molecule has 3 N–H and O–H groups in total. The zero-order chi connectivity index (χ0) is 20.4. The van der Waals surface area contributed by atoms with Crippen LogP contribution in [0.4, 0.5) is 0 Å². The Hall–Kier alpha value is -3.38. The lowest BCUT2D eigenvalue weighted by Gasteiger charge is -2.20. The molecule has 0 aliphatic heterocycles. The third-order valence-corrected chi connectivity index (χ3v) is 5.32. The molecule has 0 saturated carbocycles. The van der Waals surface area contributed by atoms with Crippen LogP contribution in [-0.2, 0) is 20.7 Å². The molecule has 0 bridgehead atoms. The van der Waals surface area contributed by atoms with Crippen molar-refractivity contribution in [3.05, 3.63) is 83.8 Å². The Kier molecular flexibility index (Phi) is 5.18. The Morgan fingerprint density at radius 3 is 2.17 bits per heavy atom. The lowest BCUT2D eigenvalue weighted by Crippen LogP contribution is -2.43. The summed E-state index contributed by atoms with van der Waals surface area (Å²) in [6, 6.07) is 18.3. The molecule has 2 aromatic carbocycles. The second-order valence-corrected chi connectivity index (χ2v) is 7.12. The molecule has 29 heavy (non-hydrogen) atoms. The summed E-state index contributed by atoms with van der Waals surface area (Å²) < 4.78 is 10.7. The Labute approximate surface area is 167 Å². The average molecular weight is 391 g/mol. The van der Waals surface area contributed by atoms with Crippen molar-refractivity contribution in [1.29, 1.82) is 0 Å². The lowest BCUT2D eigenvalue weighted by molar-refractivity contribution is -0.159. The largest absolute Gasteiger partial charge is 0.481 e. The van der Waals surface area contributed by atoms with Crippen molar-refractivity contribution >= 4 is 11.9 Å². The SMILES string of the molecule is NC(Cc1ccco1)[C@@H](C(=O)O)C(=O)OCC1c2ccccc2-c2ccccc21. The maximum Gasteiger partial charge on any atom is 0.321 e. The van der Waals surface area contributed by atoms with E-state index in [1.165, 1.54) is 6.26 Å². The summed E-state index contributed by atoms with van der Waals surface area (Å²) in [5, 5.41) is 9.54. The van der Waals surface area contributed by atoms with E-state index in [1.807, 2.05) is 48.5 Å². The van der Waals surface area contributed by atoms with E-state index in [1.54, 1.807) is 12.1 Å². The molecule has 6 heteroatoms. The van der Waals surface area contributed by atoms with E-state index >= 15 is 0 Å². The molecule has 1 aliphatic carbocycles. The van der Waals surface area contributed by atoms with Crippen molar-refractivity contribution in [2.24, 2.45) is 11.7 Å². The third-order valence-electron chi connectivity index (χ3n) is 5.32. The molecule has 0 spiro atoms. The maximum absolute atomic E-state index is 12.6. The number of hydrogen-bond acceptors (Lipinski definition) is 5. The number of benzene rings is 2. The molecule has 0 amide bonds. The molecule has 1 aromatic heterocycles. The van der Waals surface area contributed by atoms with Crippen molar-refractivity contribution < 1.29 is 23.8 Å². The smallest absolute Gasteiger partial charge is 0.321 e. The van der Waals surface area contributed by atoms with Gasteiger partial charge in [0.1, 0.15) is 12.4 Å². The van der Waals surface area contributed by atoms with E-state index in [-0.39, 0.29) is 18.9 Å². The number of carbonyl (C=O) groups is 2. The monoisotopic (exact) mass is 391 g/mol. The number of carbonyl (C=O) groups excluding carboxylic acids is 1. The summed E-state index contributed by atoms with van der Waals surface area (Å²) in [7, 11) is 0. The fourth-order valence-corrected chi connectivity index (χ4v) is 3.93. The van der Waals surface area contributed by atoms with E-state index in [2.05, 4.69) is 0 Å². The fraction of sp³-hybridized carbons (Fsp3) is 0.217. The van der Waals surface area contributed by atoms with E-state index < -0.39 is 23.9 Å². The van der Waals surface area contributed by atoms with E-state index in [0.29, 0.717) is 5.76 Å². The molecule has 1 unspecified atom stereocenters. The van der Waals surface area contributed by atoms with Crippen molar-refractivity contribution in [3.8, 4) is 11.1 Å². The van der Waals surface area contributed by atoms with Gasteiger partial charge in [0, 0.05) is 18.4 Å². The predicted molar refractivity (Wildman–Crippen MR) is 106 cm³/mol. The van der Waals surface area contributed by atoms with Gasteiger partial charge in [-0.25, -0.2) is 0 Å². The van der Waals surface area contributed by atoms with Gasteiger partial charge in [0.2, 0.25) is 0 Å². The highest BCUT2D eigenvalue weighted by Crippen LogP contribution is 2.44. The highest BCUT2D eigenvalue weighted by atomic mass is 16.5. The molecule has 0 radical (unpaired) electrons. The normalized spacial score (nSPS) is 14.7. The molecular formula is C23H21NO5. The Morgan fingerprint density at radius 1 is 1.00 bits per heavy atom. The van der Waals surface area contributed by atoms with E-state index in [9.17, 15) is 14.7 Å². The van der Waals surface area contributed by atoms with Gasteiger partial charge in [-0.2, -0.15) is 0 Å². The highest BCUT2D eigenvalue weighted by Gasteiger charge is 2.36. The molecule has 1 aliphatic rings. The molecule has 0 fully saturated rings. The van der Waals surface area contributed by atoms with E-state index in [4.69, 9.17) is 14.9 Å². The van der Waals surface area contributed by atoms with Gasteiger partial charge in [-0.1, -0.05) is 48.5 Å². The number of hydrogen-bond donors (Lipinski definition) is 2. The molecule has 2 atom stereocenters. The minimum Gasteiger partial charge on any atom is -0.481 e. The molecule has 1 heterocycles. The van der Waals surface area contributed by atoms with Crippen molar-refractivity contribution in [3.63, 3.8) is 0 Å². The molecule has 6 nitrogen and oxygen atoms in total. The van der Waals surface area contributed by atoms with Crippen LogP contribution in [0.25, 0.3) is 11.1 Å².